The summed E-state index contributed by atoms with van der Waals surface area (Å²) < 4.78 is 6.93. The molecule has 1 nitrogen and oxygen atoms in total. The van der Waals surface area contributed by atoms with Crippen molar-refractivity contribution in [3.05, 3.63) is 34.8 Å². The lowest BCUT2D eigenvalue weighted by molar-refractivity contribution is 0.349. The van der Waals surface area contributed by atoms with Crippen LogP contribution < -0.4 is 9.92 Å². The summed E-state index contributed by atoms with van der Waals surface area (Å²) in [6, 6.07) is 4.36. The van der Waals surface area contributed by atoms with Gasteiger partial charge >= 0.3 is 0 Å². The summed E-state index contributed by atoms with van der Waals surface area (Å²) >= 11 is 3.61. The summed E-state index contributed by atoms with van der Waals surface area (Å²) in [5.74, 6) is 0.987. The third-order valence-electron chi connectivity index (χ3n) is 2.86. The van der Waals surface area contributed by atoms with E-state index in [-0.39, 0.29) is 5.41 Å². The van der Waals surface area contributed by atoms with Gasteiger partial charge in [0.15, 0.2) is 0 Å². The number of hydrogen-bond donors (Lipinski definition) is 0. The fraction of sp³-hybridized carbons (Fsp3) is 0.467. The predicted octanol–water partition coefficient (Wildman–Crippen LogP) is 4.01. The van der Waals surface area contributed by atoms with Gasteiger partial charge in [-0.1, -0.05) is 57.8 Å². The van der Waals surface area contributed by atoms with Gasteiger partial charge in [-0.3, -0.25) is 0 Å². The lowest BCUT2D eigenvalue weighted by Crippen LogP contribution is -2.33. The average Bonchev–Trinajstić information content (AvgIpc) is 2.25. The third kappa shape index (κ3) is 3.48. The van der Waals surface area contributed by atoms with Gasteiger partial charge < -0.3 is 4.74 Å². The molecule has 0 N–H and O–H groups in total. The zero-order valence-corrected chi connectivity index (χ0v) is 14.8. The molecule has 1 rings (SSSR count). The van der Waals surface area contributed by atoms with Crippen molar-refractivity contribution in [1.82, 2.24) is 0 Å². The molecule has 0 aliphatic rings. The van der Waals surface area contributed by atoms with Gasteiger partial charge in [-0.15, -0.1) is 0 Å². The van der Waals surface area contributed by atoms with Crippen molar-refractivity contribution >= 4 is 29.9 Å². The molecule has 0 spiro atoms. The molecule has 0 saturated heterocycles. The van der Waals surface area contributed by atoms with Crippen LogP contribution in [-0.2, 0) is 5.41 Å². The fourth-order valence-electron chi connectivity index (χ4n) is 2.11. The first-order valence-electron chi connectivity index (χ1n) is 6.35. The molecule has 0 heterocycles. The van der Waals surface area contributed by atoms with E-state index in [1.165, 1.54) is 10.8 Å². The maximum atomic E-state index is 5.89. The molecule has 0 saturated carbocycles. The molecule has 1 aromatic carbocycles. The highest BCUT2D eigenvalue weighted by atomic mass is 79.9. The van der Waals surface area contributed by atoms with Crippen molar-refractivity contribution < 1.29 is 4.74 Å². The molecule has 0 aromatic heterocycles. The summed E-state index contributed by atoms with van der Waals surface area (Å²) in [5, 5.41) is 1.49. The summed E-state index contributed by atoms with van der Waals surface area (Å²) in [6.45, 7) is 15.7. The number of ether oxygens (including phenoxy) is 1. The highest BCUT2D eigenvalue weighted by molar-refractivity contribution is 9.10. The SMILES string of the molecule is C=CCOc1c(Br)ccc([SiH](C)C)c1C(C)(C)C. The Balaban J connectivity index is 3.45. The molecule has 0 aliphatic heterocycles. The van der Waals surface area contributed by atoms with Crippen LogP contribution in [0.2, 0.25) is 13.1 Å². The van der Waals surface area contributed by atoms with Crippen molar-refractivity contribution in [2.45, 2.75) is 39.3 Å². The topological polar surface area (TPSA) is 9.23 Å². The van der Waals surface area contributed by atoms with Gasteiger partial charge in [0, 0.05) is 0 Å². The van der Waals surface area contributed by atoms with Crippen LogP contribution in [0, 0.1) is 0 Å². The van der Waals surface area contributed by atoms with Crippen LogP contribution in [0.1, 0.15) is 26.3 Å². The quantitative estimate of drug-likeness (QED) is 0.600. The van der Waals surface area contributed by atoms with Crippen molar-refractivity contribution in [3.8, 4) is 5.75 Å². The molecule has 18 heavy (non-hydrogen) atoms. The molecule has 100 valence electrons. The van der Waals surface area contributed by atoms with E-state index in [0.29, 0.717) is 6.61 Å². The highest BCUT2D eigenvalue weighted by Crippen LogP contribution is 2.36. The predicted molar refractivity (Wildman–Crippen MR) is 87.0 cm³/mol. The second-order valence-electron chi connectivity index (χ2n) is 5.85. The fourth-order valence-corrected chi connectivity index (χ4v) is 4.18. The monoisotopic (exact) mass is 326 g/mol. The summed E-state index contributed by atoms with van der Waals surface area (Å²) in [4.78, 5) is 0. The van der Waals surface area contributed by atoms with Gasteiger partial charge in [0.25, 0.3) is 0 Å². The largest absolute Gasteiger partial charge is 0.488 e. The van der Waals surface area contributed by atoms with Crippen LogP contribution in [-0.4, -0.2) is 15.4 Å². The molecule has 0 atom stereocenters. The highest BCUT2D eigenvalue weighted by Gasteiger charge is 2.25. The Labute approximate surface area is 121 Å². The van der Waals surface area contributed by atoms with Gasteiger partial charge in [-0.25, -0.2) is 0 Å². The molecular weight excluding hydrogens is 304 g/mol. The van der Waals surface area contributed by atoms with Crippen LogP contribution in [0.25, 0.3) is 0 Å². The Morgan fingerprint density at radius 3 is 2.39 bits per heavy atom. The number of halogens is 1. The zero-order chi connectivity index (χ0) is 13.9. The third-order valence-corrected chi connectivity index (χ3v) is 5.21. The number of rotatable bonds is 4. The maximum Gasteiger partial charge on any atom is 0.137 e. The molecule has 0 unspecified atom stereocenters. The van der Waals surface area contributed by atoms with Crippen molar-refractivity contribution in [3.63, 3.8) is 0 Å². The van der Waals surface area contributed by atoms with Crippen LogP contribution in [0.5, 0.6) is 5.75 Å². The second-order valence-corrected chi connectivity index (χ2v) is 9.63. The van der Waals surface area contributed by atoms with Crippen LogP contribution in [0.15, 0.2) is 29.3 Å². The van der Waals surface area contributed by atoms with E-state index in [1.807, 2.05) is 0 Å². The molecule has 1 aromatic rings. The van der Waals surface area contributed by atoms with Gasteiger partial charge in [0.1, 0.15) is 12.4 Å². The molecule has 0 fully saturated rings. The van der Waals surface area contributed by atoms with Crippen LogP contribution >= 0.6 is 15.9 Å². The van der Waals surface area contributed by atoms with E-state index in [0.717, 1.165) is 10.2 Å². The summed E-state index contributed by atoms with van der Waals surface area (Å²) in [5.41, 5.74) is 1.44. The standard InChI is InChI=1S/C15H23BrOSi/c1-7-10-17-14-11(16)8-9-12(18(5)6)13(14)15(2,3)4/h7-9,18H,1,10H2,2-6H3. The number of benzene rings is 1. The molecule has 0 bridgehead atoms. The Kier molecular flexibility index (Phi) is 5.23. The second kappa shape index (κ2) is 6.07. The molecule has 3 heteroatoms. The summed E-state index contributed by atoms with van der Waals surface area (Å²) in [6.07, 6.45) is 1.79. The zero-order valence-electron chi connectivity index (χ0n) is 12.0. The lowest BCUT2D eigenvalue weighted by atomic mass is 9.86. The molecular formula is C15H23BrOSi. The van der Waals surface area contributed by atoms with Crippen LogP contribution in [0.3, 0.4) is 0 Å². The van der Waals surface area contributed by atoms with Crippen molar-refractivity contribution in [2.75, 3.05) is 6.61 Å². The van der Waals surface area contributed by atoms with Gasteiger partial charge in [0.2, 0.25) is 0 Å². The molecule has 0 radical (unpaired) electrons. The lowest BCUT2D eigenvalue weighted by Gasteiger charge is -2.28. The summed E-state index contributed by atoms with van der Waals surface area (Å²) in [7, 11) is -0.877. The van der Waals surface area contributed by atoms with E-state index in [2.05, 4.69) is 68.5 Å². The maximum absolute atomic E-state index is 5.89. The van der Waals surface area contributed by atoms with E-state index < -0.39 is 8.80 Å². The Morgan fingerprint density at radius 2 is 1.94 bits per heavy atom. The van der Waals surface area contributed by atoms with Crippen molar-refractivity contribution in [1.29, 1.82) is 0 Å². The smallest absolute Gasteiger partial charge is 0.137 e. The Bertz CT molecular complexity index is 433. The first-order valence-corrected chi connectivity index (χ1v) is 10.0. The average molecular weight is 327 g/mol. The van der Waals surface area contributed by atoms with E-state index in [4.69, 9.17) is 4.74 Å². The van der Waals surface area contributed by atoms with Crippen LogP contribution in [0.4, 0.5) is 0 Å². The minimum absolute atomic E-state index is 0.0902. The van der Waals surface area contributed by atoms with Gasteiger partial charge in [0.05, 0.1) is 13.3 Å². The normalized spacial score (nSPS) is 11.7. The van der Waals surface area contributed by atoms with Gasteiger partial charge in [-0.2, -0.15) is 0 Å². The van der Waals surface area contributed by atoms with Gasteiger partial charge in [-0.05, 0) is 33.0 Å². The minimum atomic E-state index is -0.877. The minimum Gasteiger partial charge on any atom is -0.488 e. The first kappa shape index (κ1) is 15.5. The first-order chi connectivity index (χ1) is 8.29. The van der Waals surface area contributed by atoms with E-state index in [9.17, 15) is 0 Å². The number of hydrogen-bond acceptors (Lipinski definition) is 1. The van der Waals surface area contributed by atoms with E-state index in [1.54, 1.807) is 6.08 Å². The van der Waals surface area contributed by atoms with Crippen molar-refractivity contribution in [2.24, 2.45) is 0 Å². The Hall–Kier alpha value is -0.543. The molecule has 0 amide bonds. The van der Waals surface area contributed by atoms with E-state index >= 15 is 0 Å². The Morgan fingerprint density at radius 1 is 1.33 bits per heavy atom. The molecule has 0 aliphatic carbocycles.